The second-order valence-electron chi connectivity index (χ2n) is 8.46. The van der Waals surface area contributed by atoms with Crippen molar-refractivity contribution < 1.29 is 29.5 Å². The highest BCUT2D eigenvalue weighted by atomic mass is 16.7. The Morgan fingerprint density at radius 3 is 2.48 bits per heavy atom. The number of carbonyl (C=O) groups is 3. The first-order valence-corrected chi connectivity index (χ1v) is 10.9. The van der Waals surface area contributed by atoms with E-state index < -0.39 is 47.6 Å². The molecule has 15 heteroatoms. The van der Waals surface area contributed by atoms with Crippen molar-refractivity contribution in [1.82, 2.24) is 21.0 Å². The van der Waals surface area contributed by atoms with Crippen LogP contribution in [-0.2, 0) is 14.4 Å². The summed E-state index contributed by atoms with van der Waals surface area (Å²) in [6.07, 6.45) is 1.36. The zero-order valence-electron chi connectivity index (χ0n) is 19.4. The lowest BCUT2D eigenvalue weighted by molar-refractivity contribution is -0.525. The van der Waals surface area contributed by atoms with E-state index in [4.69, 9.17) is 5.73 Å². The molecule has 0 aromatic carbocycles. The lowest BCUT2D eigenvalue weighted by Gasteiger charge is -2.34. The summed E-state index contributed by atoms with van der Waals surface area (Å²) in [5, 5.41) is 34.2. The fourth-order valence-corrected chi connectivity index (χ4v) is 3.81. The van der Waals surface area contributed by atoms with Gasteiger partial charge in [-0.05, 0) is 25.2 Å². The maximum Gasteiger partial charge on any atom is 0.475 e. The number of nitro groups is 1. The molecule has 33 heavy (non-hydrogen) atoms. The summed E-state index contributed by atoms with van der Waals surface area (Å²) in [7, 11) is -1.90. The van der Waals surface area contributed by atoms with Crippen molar-refractivity contribution in [3.8, 4) is 0 Å². The molecule has 1 fully saturated rings. The molecule has 0 saturated carbocycles. The molecule has 1 saturated heterocycles. The number of nitrogens with zero attached hydrogens (tertiary/aromatic N) is 3. The summed E-state index contributed by atoms with van der Waals surface area (Å²) in [6.45, 7) is 7.03. The molecule has 0 spiro atoms. The molecule has 3 amide bonds. The maximum absolute atomic E-state index is 13.3. The molecule has 0 aromatic heterocycles. The topological polar surface area (TPSA) is 213 Å². The lowest BCUT2D eigenvalue weighted by Crippen LogP contribution is -2.64. The van der Waals surface area contributed by atoms with E-state index in [-0.39, 0.29) is 24.7 Å². The van der Waals surface area contributed by atoms with Gasteiger partial charge in [0, 0.05) is 19.9 Å². The molecular formula is C18H34BN7O7. The van der Waals surface area contributed by atoms with Crippen LogP contribution in [0.1, 0.15) is 59.8 Å². The molecule has 0 bridgehead atoms. The highest BCUT2D eigenvalue weighted by Crippen LogP contribution is 2.22. The zero-order valence-corrected chi connectivity index (χ0v) is 19.4. The molecule has 186 valence electrons. The van der Waals surface area contributed by atoms with Crippen molar-refractivity contribution in [3.63, 3.8) is 0 Å². The number of amides is 3. The fraction of sp³-hybridized carbons (Fsp3) is 0.778. The van der Waals surface area contributed by atoms with Crippen LogP contribution in [0.3, 0.4) is 0 Å². The molecule has 7 N–H and O–H groups in total. The van der Waals surface area contributed by atoms with Crippen molar-refractivity contribution in [3.05, 3.63) is 10.1 Å². The molecule has 0 unspecified atom stereocenters. The van der Waals surface area contributed by atoms with Crippen LogP contribution in [0.25, 0.3) is 0 Å². The summed E-state index contributed by atoms with van der Waals surface area (Å²) in [5.74, 6) is -3.74. The number of hydrogen-bond acceptors (Lipinski definition) is 8. The van der Waals surface area contributed by atoms with Crippen molar-refractivity contribution in [2.45, 2.75) is 77.4 Å². The molecule has 0 radical (unpaired) electrons. The summed E-state index contributed by atoms with van der Waals surface area (Å²) < 4.78 is 0. The van der Waals surface area contributed by atoms with E-state index in [1.165, 1.54) is 11.8 Å². The summed E-state index contributed by atoms with van der Waals surface area (Å²) in [5.41, 5.74) is 5.16. The predicted octanol–water partition coefficient (Wildman–Crippen LogP) is -1.75. The molecule has 1 rings (SSSR count). The average molecular weight is 471 g/mol. The smallest absolute Gasteiger partial charge is 0.426 e. The Labute approximate surface area is 192 Å². The van der Waals surface area contributed by atoms with Gasteiger partial charge in [0.2, 0.25) is 17.5 Å². The normalized spacial score (nSPS) is 18.9. The van der Waals surface area contributed by atoms with Crippen LogP contribution in [0.5, 0.6) is 0 Å². The molecule has 0 aliphatic carbocycles. The largest absolute Gasteiger partial charge is 0.475 e. The number of rotatable bonds is 11. The van der Waals surface area contributed by atoms with Gasteiger partial charge in [0.1, 0.15) is 6.04 Å². The van der Waals surface area contributed by atoms with Crippen molar-refractivity contribution in [2.75, 3.05) is 6.54 Å². The second-order valence-corrected chi connectivity index (χ2v) is 8.46. The van der Waals surface area contributed by atoms with E-state index in [2.05, 4.69) is 15.6 Å². The van der Waals surface area contributed by atoms with E-state index in [9.17, 15) is 34.5 Å². The summed E-state index contributed by atoms with van der Waals surface area (Å²) in [6, 6.07) is -0.846. The van der Waals surface area contributed by atoms with Crippen LogP contribution >= 0.6 is 0 Å². The number of aliphatic imine (C=N–C) groups is 1. The number of carbonyl (C=O) groups excluding carboxylic acids is 3. The van der Waals surface area contributed by atoms with Gasteiger partial charge in [-0.2, -0.15) is 0 Å². The van der Waals surface area contributed by atoms with Crippen LogP contribution in [0, 0.1) is 16.0 Å². The van der Waals surface area contributed by atoms with Gasteiger partial charge in [0.15, 0.2) is 5.03 Å². The molecular weight excluding hydrogens is 437 g/mol. The number of nitrogens with one attached hydrogen (secondary N) is 3. The Balaban J connectivity index is 3.37. The van der Waals surface area contributed by atoms with Crippen LogP contribution < -0.4 is 21.8 Å². The molecule has 1 aliphatic heterocycles. The standard InChI is InChI=1S/C18H34BN7O7/c1-5-8-18(23-17(20)24-26(32)33,16(29)21-14(19(30)31)10-11(2)3)22-15(28)13-7-6-9-25(13)12(4)27/h11,13-14,30-31H,5-10H2,1-4H3,(H,21,29)(H,22,28)(H3,20,23,24)/t13-,14-,18+/m0/s1. The third-order valence-electron chi connectivity index (χ3n) is 5.20. The number of nitrogens with two attached hydrogens (primary N) is 1. The van der Waals surface area contributed by atoms with Crippen molar-refractivity contribution in [2.24, 2.45) is 16.6 Å². The van der Waals surface area contributed by atoms with Gasteiger partial charge in [-0.3, -0.25) is 14.4 Å². The quantitative estimate of drug-likeness (QED) is 0.0662. The summed E-state index contributed by atoms with van der Waals surface area (Å²) in [4.78, 5) is 54.4. The molecule has 1 aliphatic rings. The fourth-order valence-electron chi connectivity index (χ4n) is 3.81. The SMILES string of the molecule is CCC[C@](N=C(N)N[N+](=O)[O-])(NC(=O)[C@@H]1CCCN1C(C)=O)C(=O)N[C@@H](CC(C)C)B(O)O. The van der Waals surface area contributed by atoms with Crippen molar-refractivity contribution in [1.29, 1.82) is 0 Å². The van der Waals surface area contributed by atoms with E-state index >= 15 is 0 Å². The molecule has 14 nitrogen and oxygen atoms in total. The average Bonchev–Trinajstić information content (AvgIpc) is 3.16. The Morgan fingerprint density at radius 1 is 1.36 bits per heavy atom. The molecule has 1 heterocycles. The first kappa shape index (κ1) is 28.1. The lowest BCUT2D eigenvalue weighted by atomic mass is 9.74. The summed E-state index contributed by atoms with van der Waals surface area (Å²) >= 11 is 0. The minimum absolute atomic E-state index is 0.0143. The van der Waals surface area contributed by atoms with Gasteiger partial charge in [-0.1, -0.05) is 32.6 Å². The van der Waals surface area contributed by atoms with E-state index in [1.54, 1.807) is 12.3 Å². The minimum Gasteiger partial charge on any atom is -0.426 e. The number of guanidine groups is 1. The monoisotopic (exact) mass is 471 g/mol. The first-order valence-electron chi connectivity index (χ1n) is 10.9. The first-order chi connectivity index (χ1) is 15.3. The minimum atomic E-state index is -2.09. The predicted molar refractivity (Wildman–Crippen MR) is 120 cm³/mol. The van der Waals surface area contributed by atoms with Crippen LogP contribution in [0.4, 0.5) is 0 Å². The van der Waals surface area contributed by atoms with E-state index in [0.29, 0.717) is 25.8 Å². The Morgan fingerprint density at radius 2 is 2.00 bits per heavy atom. The van der Waals surface area contributed by atoms with Gasteiger partial charge < -0.3 is 31.3 Å². The Bertz CT molecular complexity index is 764. The highest BCUT2D eigenvalue weighted by Gasteiger charge is 2.45. The van der Waals surface area contributed by atoms with Gasteiger partial charge in [0.05, 0.1) is 5.94 Å². The van der Waals surface area contributed by atoms with Crippen LogP contribution in [0.2, 0.25) is 0 Å². The number of hydrogen-bond donors (Lipinski definition) is 6. The zero-order chi connectivity index (χ0) is 25.3. The maximum atomic E-state index is 13.3. The number of hydrazine groups is 1. The van der Waals surface area contributed by atoms with Crippen LogP contribution in [0.15, 0.2) is 4.99 Å². The molecule has 0 aromatic rings. The Kier molecular flexibility index (Phi) is 10.5. The Hall–Kier alpha value is -2.94. The molecule has 3 atom stereocenters. The number of likely N-dealkylation sites (tertiary alicyclic amines) is 1. The van der Waals surface area contributed by atoms with Gasteiger partial charge in [-0.15, -0.1) is 0 Å². The van der Waals surface area contributed by atoms with Gasteiger partial charge in [0.25, 0.3) is 11.9 Å². The third kappa shape index (κ3) is 8.16. The second kappa shape index (κ2) is 12.3. The van der Waals surface area contributed by atoms with Gasteiger partial charge in [-0.25, -0.2) is 15.1 Å². The van der Waals surface area contributed by atoms with Crippen LogP contribution in [-0.4, -0.2) is 75.0 Å². The van der Waals surface area contributed by atoms with Crippen molar-refractivity contribution >= 4 is 30.8 Å². The third-order valence-corrected chi connectivity index (χ3v) is 5.20. The van der Waals surface area contributed by atoms with E-state index in [1.807, 2.05) is 13.8 Å². The highest BCUT2D eigenvalue weighted by molar-refractivity contribution is 6.43. The van der Waals surface area contributed by atoms with Gasteiger partial charge >= 0.3 is 7.12 Å². The van der Waals surface area contributed by atoms with E-state index in [0.717, 1.165) is 0 Å².